The van der Waals surface area contributed by atoms with Crippen LogP contribution in [0.3, 0.4) is 0 Å². The van der Waals surface area contributed by atoms with Gasteiger partial charge in [-0.2, -0.15) is 11.8 Å². The van der Waals surface area contributed by atoms with E-state index in [1.807, 2.05) is 36.2 Å². The SMILES string of the molecule is CSC1(CNc2ccccn2)CCOCC1. The molecule has 0 amide bonds. The van der Waals surface area contributed by atoms with E-state index in [1.54, 1.807) is 0 Å². The van der Waals surface area contributed by atoms with E-state index in [0.29, 0.717) is 4.75 Å². The van der Waals surface area contributed by atoms with Crippen molar-refractivity contribution in [3.63, 3.8) is 0 Å². The standard InChI is InChI=1S/C12H18N2OS/c1-16-12(5-8-15-9-6-12)10-14-11-4-2-3-7-13-11/h2-4,7H,5-6,8-10H2,1H3,(H,13,14). The van der Waals surface area contributed by atoms with E-state index < -0.39 is 0 Å². The quantitative estimate of drug-likeness (QED) is 0.873. The Morgan fingerprint density at radius 3 is 2.88 bits per heavy atom. The second kappa shape index (κ2) is 5.55. The lowest BCUT2D eigenvalue weighted by atomic mass is 9.99. The maximum absolute atomic E-state index is 5.42. The van der Waals surface area contributed by atoms with E-state index in [4.69, 9.17) is 4.74 Å². The Morgan fingerprint density at radius 1 is 1.44 bits per heavy atom. The highest BCUT2D eigenvalue weighted by molar-refractivity contribution is 8.00. The maximum Gasteiger partial charge on any atom is 0.125 e. The summed E-state index contributed by atoms with van der Waals surface area (Å²) in [6, 6.07) is 5.95. The van der Waals surface area contributed by atoms with Gasteiger partial charge in [-0.05, 0) is 31.2 Å². The van der Waals surface area contributed by atoms with Crippen LogP contribution in [0.5, 0.6) is 0 Å². The van der Waals surface area contributed by atoms with E-state index in [2.05, 4.69) is 16.6 Å². The van der Waals surface area contributed by atoms with Crippen molar-refractivity contribution >= 4 is 17.6 Å². The molecule has 2 rings (SSSR count). The Kier molecular flexibility index (Phi) is 4.07. The number of hydrogen-bond acceptors (Lipinski definition) is 4. The van der Waals surface area contributed by atoms with Crippen LogP contribution in [0.1, 0.15) is 12.8 Å². The second-order valence-corrected chi connectivity index (χ2v) is 5.34. The lowest BCUT2D eigenvalue weighted by molar-refractivity contribution is 0.0802. The van der Waals surface area contributed by atoms with Gasteiger partial charge in [0.05, 0.1) is 0 Å². The van der Waals surface area contributed by atoms with Gasteiger partial charge in [0.15, 0.2) is 0 Å². The van der Waals surface area contributed by atoms with Crippen molar-refractivity contribution in [1.29, 1.82) is 0 Å². The highest BCUT2D eigenvalue weighted by Gasteiger charge is 2.31. The summed E-state index contributed by atoms with van der Waals surface area (Å²) in [4.78, 5) is 4.28. The zero-order chi connectivity index (χ0) is 11.3. The fraction of sp³-hybridized carbons (Fsp3) is 0.583. The summed E-state index contributed by atoms with van der Waals surface area (Å²) >= 11 is 1.94. The number of aromatic nitrogens is 1. The molecule has 0 aliphatic carbocycles. The van der Waals surface area contributed by atoms with Gasteiger partial charge in [-0.3, -0.25) is 0 Å². The Balaban J connectivity index is 1.92. The van der Waals surface area contributed by atoms with Gasteiger partial charge in [0.25, 0.3) is 0 Å². The van der Waals surface area contributed by atoms with E-state index in [1.165, 1.54) is 0 Å². The maximum atomic E-state index is 5.42. The third-order valence-corrected chi connectivity index (χ3v) is 4.51. The fourth-order valence-corrected chi connectivity index (χ4v) is 2.71. The first kappa shape index (κ1) is 11.7. The molecule has 0 saturated carbocycles. The number of nitrogens with one attached hydrogen (secondary N) is 1. The Hall–Kier alpha value is -0.740. The molecule has 2 heterocycles. The summed E-state index contributed by atoms with van der Waals surface area (Å²) in [6.07, 6.45) is 6.24. The van der Waals surface area contributed by atoms with E-state index in [0.717, 1.165) is 38.4 Å². The third-order valence-electron chi connectivity index (χ3n) is 3.09. The zero-order valence-electron chi connectivity index (χ0n) is 9.61. The van der Waals surface area contributed by atoms with Crippen molar-refractivity contribution in [3.05, 3.63) is 24.4 Å². The molecule has 1 fully saturated rings. The summed E-state index contributed by atoms with van der Waals surface area (Å²) in [7, 11) is 0. The van der Waals surface area contributed by atoms with Crippen LogP contribution < -0.4 is 5.32 Å². The highest BCUT2D eigenvalue weighted by atomic mass is 32.2. The molecule has 1 aromatic rings. The predicted molar refractivity (Wildman–Crippen MR) is 69.0 cm³/mol. The largest absolute Gasteiger partial charge is 0.381 e. The smallest absolute Gasteiger partial charge is 0.125 e. The average Bonchev–Trinajstić information content (AvgIpc) is 2.39. The molecular formula is C12H18N2OS. The normalized spacial score (nSPS) is 19.3. The lowest BCUT2D eigenvalue weighted by Gasteiger charge is -2.35. The molecule has 0 atom stereocenters. The van der Waals surface area contributed by atoms with Crippen LogP contribution in [-0.2, 0) is 4.74 Å². The molecule has 16 heavy (non-hydrogen) atoms. The zero-order valence-corrected chi connectivity index (χ0v) is 10.4. The molecule has 1 N–H and O–H groups in total. The van der Waals surface area contributed by atoms with Crippen molar-refractivity contribution in [2.75, 3.05) is 31.3 Å². The van der Waals surface area contributed by atoms with Crippen LogP contribution in [0.4, 0.5) is 5.82 Å². The van der Waals surface area contributed by atoms with Gasteiger partial charge < -0.3 is 10.1 Å². The molecule has 0 spiro atoms. The van der Waals surface area contributed by atoms with Gasteiger partial charge in [-0.15, -0.1) is 0 Å². The van der Waals surface area contributed by atoms with Crippen LogP contribution >= 0.6 is 11.8 Å². The van der Waals surface area contributed by atoms with Crippen molar-refractivity contribution < 1.29 is 4.74 Å². The number of hydrogen-bond donors (Lipinski definition) is 1. The Labute approximate surface area is 101 Å². The molecule has 0 aromatic carbocycles. The number of anilines is 1. The summed E-state index contributed by atoms with van der Waals surface area (Å²) in [6.45, 7) is 2.73. The lowest BCUT2D eigenvalue weighted by Crippen LogP contribution is -2.39. The van der Waals surface area contributed by atoms with Gasteiger partial charge in [0.1, 0.15) is 5.82 Å². The van der Waals surface area contributed by atoms with Crippen LogP contribution in [0.2, 0.25) is 0 Å². The minimum Gasteiger partial charge on any atom is -0.381 e. The number of ether oxygens (including phenoxy) is 1. The van der Waals surface area contributed by atoms with Crippen LogP contribution in [0, 0.1) is 0 Å². The van der Waals surface area contributed by atoms with Gasteiger partial charge in [0, 0.05) is 30.7 Å². The molecule has 0 radical (unpaired) electrons. The fourth-order valence-electron chi connectivity index (χ4n) is 1.92. The first-order valence-corrected chi connectivity index (χ1v) is 6.85. The van der Waals surface area contributed by atoms with Gasteiger partial charge in [-0.1, -0.05) is 6.07 Å². The topological polar surface area (TPSA) is 34.2 Å². The van der Waals surface area contributed by atoms with E-state index in [9.17, 15) is 0 Å². The number of pyridine rings is 1. The molecule has 88 valence electrons. The highest BCUT2D eigenvalue weighted by Crippen LogP contribution is 2.33. The van der Waals surface area contributed by atoms with Crippen LogP contribution in [0.15, 0.2) is 24.4 Å². The van der Waals surface area contributed by atoms with Gasteiger partial charge in [-0.25, -0.2) is 4.98 Å². The summed E-state index contributed by atoms with van der Waals surface area (Å²) in [5.74, 6) is 0.961. The number of thioether (sulfide) groups is 1. The molecule has 1 aromatic heterocycles. The minimum atomic E-state index is 0.315. The van der Waals surface area contributed by atoms with Gasteiger partial charge >= 0.3 is 0 Å². The summed E-state index contributed by atoms with van der Waals surface area (Å²) < 4.78 is 5.74. The van der Waals surface area contributed by atoms with Gasteiger partial charge in [0.2, 0.25) is 0 Å². The van der Waals surface area contributed by atoms with Crippen molar-refractivity contribution in [3.8, 4) is 0 Å². The summed E-state index contributed by atoms with van der Waals surface area (Å²) in [5, 5.41) is 3.42. The van der Waals surface area contributed by atoms with Crippen molar-refractivity contribution in [2.24, 2.45) is 0 Å². The van der Waals surface area contributed by atoms with E-state index in [-0.39, 0.29) is 0 Å². The molecule has 0 unspecified atom stereocenters. The first-order valence-electron chi connectivity index (χ1n) is 5.62. The number of rotatable bonds is 4. The number of nitrogens with zero attached hydrogens (tertiary/aromatic N) is 1. The molecule has 1 saturated heterocycles. The average molecular weight is 238 g/mol. The Bertz CT molecular complexity index is 312. The van der Waals surface area contributed by atoms with Crippen LogP contribution in [0.25, 0.3) is 0 Å². The predicted octanol–water partition coefficient (Wildman–Crippen LogP) is 2.41. The summed E-state index contributed by atoms with van der Waals surface area (Å²) in [5.41, 5.74) is 0. The first-order chi connectivity index (χ1) is 7.85. The van der Waals surface area contributed by atoms with Crippen LogP contribution in [-0.4, -0.2) is 35.7 Å². The molecule has 4 heteroatoms. The second-order valence-electron chi connectivity index (χ2n) is 4.07. The monoisotopic (exact) mass is 238 g/mol. The molecule has 1 aliphatic heterocycles. The Morgan fingerprint density at radius 2 is 2.25 bits per heavy atom. The molecule has 0 bridgehead atoms. The molecule has 3 nitrogen and oxygen atoms in total. The van der Waals surface area contributed by atoms with Crippen molar-refractivity contribution in [1.82, 2.24) is 4.98 Å². The van der Waals surface area contributed by atoms with E-state index >= 15 is 0 Å². The molecular weight excluding hydrogens is 220 g/mol. The van der Waals surface area contributed by atoms with Crippen molar-refractivity contribution in [2.45, 2.75) is 17.6 Å². The third kappa shape index (κ3) is 2.89. The minimum absolute atomic E-state index is 0.315. The molecule has 1 aliphatic rings.